The molecule has 0 rings (SSSR count). The summed E-state index contributed by atoms with van der Waals surface area (Å²) in [5.41, 5.74) is 0. The minimum Gasteiger partial charge on any atom is -0.300 e. The first kappa shape index (κ1) is 17.2. The van der Waals surface area contributed by atoms with Crippen LogP contribution in [0.3, 0.4) is 0 Å². The van der Waals surface area contributed by atoms with Gasteiger partial charge in [0.25, 0.3) is 0 Å². The topological polar surface area (TPSA) is 17.1 Å². The van der Waals surface area contributed by atoms with Crippen molar-refractivity contribution >= 4 is 5.78 Å². The normalized spacial score (nSPS) is 10.9. The SMILES string of the molecule is C=CCCCC/C=C\CCCCCCCC(C)=O. The van der Waals surface area contributed by atoms with Gasteiger partial charge in [0.1, 0.15) is 5.78 Å². The lowest BCUT2D eigenvalue weighted by Gasteiger charge is -1.98. The molecule has 0 unspecified atom stereocenters. The monoisotopic (exact) mass is 250 g/mol. The van der Waals surface area contributed by atoms with Crippen LogP contribution in [0.1, 0.15) is 77.6 Å². The van der Waals surface area contributed by atoms with Gasteiger partial charge in [0, 0.05) is 6.42 Å². The van der Waals surface area contributed by atoms with Crippen LogP contribution in [0, 0.1) is 0 Å². The minimum absolute atomic E-state index is 0.328. The summed E-state index contributed by atoms with van der Waals surface area (Å²) < 4.78 is 0. The van der Waals surface area contributed by atoms with Crippen molar-refractivity contribution in [3.05, 3.63) is 24.8 Å². The maximum Gasteiger partial charge on any atom is 0.129 e. The smallest absolute Gasteiger partial charge is 0.129 e. The lowest BCUT2D eigenvalue weighted by Crippen LogP contribution is -1.89. The van der Waals surface area contributed by atoms with Crippen molar-refractivity contribution in [1.29, 1.82) is 0 Å². The number of hydrogen-bond acceptors (Lipinski definition) is 1. The Morgan fingerprint density at radius 1 is 0.833 bits per heavy atom. The summed E-state index contributed by atoms with van der Waals surface area (Å²) in [5.74, 6) is 0.328. The second-order valence-electron chi connectivity index (χ2n) is 5.05. The van der Waals surface area contributed by atoms with E-state index < -0.39 is 0 Å². The average Bonchev–Trinajstić information content (AvgIpc) is 2.34. The van der Waals surface area contributed by atoms with Gasteiger partial charge in [-0.3, -0.25) is 0 Å². The van der Waals surface area contributed by atoms with E-state index in [-0.39, 0.29) is 0 Å². The summed E-state index contributed by atoms with van der Waals surface area (Å²) >= 11 is 0. The lowest BCUT2D eigenvalue weighted by atomic mass is 10.1. The van der Waals surface area contributed by atoms with Crippen LogP contribution in [0.5, 0.6) is 0 Å². The second kappa shape index (κ2) is 14.2. The van der Waals surface area contributed by atoms with Crippen LogP contribution in [0.15, 0.2) is 24.8 Å². The molecule has 1 nitrogen and oxygen atoms in total. The van der Waals surface area contributed by atoms with E-state index in [0.29, 0.717) is 5.78 Å². The van der Waals surface area contributed by atoms with Crippen molar-refractivity contribution in [1.82, 2.24) is 0 Å². The zero-order valence-electron chi connectivity index (χ0n) is 12.1. The molecule has 0 aromatic rings. The summed E-state index contributed by atoms with van der Waals surface area (Å²) in [7, 11) is 0. The number of allylic oxidation sites excluding steroid dienone is 3. The molecule has 18 heavy (non-hydrogen) atoms. The standard InChI is InChI=1S/C17H30O/c1-3-4-5-6-7-8-9-10-11-12-13-14-15-16-17(2)18/h3,8-9H,1,4-7,10-16H2,2H3/b9-8-. The first-order valence-corrected chi connectivity index (χ1v) is 7.52. The van der Waals surface area contributed by atoms with E-state index in [9.17, 15) is 4.79 Å². The molecule has 0 aliphatic rings. The number of Topliss-reactive ketones (excluding diaryl/α,β-unsaturated/α-hetero) is 1. The van der Waals surface area contributed by atoms with Gasteiger partial charge in [0.2, 0.25) is 0 Å². The molecule has 104 valence electrons. The van der Waals surface area contributed by atoms with Gasteiger partial charge in [-0.25, -0.2) is 0 Å². The minimum atomic E-state index is 0.328. The maximum atomic E-state index is 10.7. The number of ketones is 1. The van der Waals surface area contributed by atoms with E-state index in [0.717, 1.165) is 19.3 Å². The predicted octanol–water partition coefficient (Wildman–Crippen LogP) is 5.61. The average molecular weight is 250 g/mol. The fourth-order valence-electron chi connectivity index (χ4n) is 1.95. The summed E-state index contributed by atoms with van der Waals surface area (Å²) in [6.45, 7) is 5.40. The third kappa shape index (κ3) is 15.1. The van der Waals surface area contributed by atoms with Crippen LogP contribution in [0.25, 0.3) is 0 Å². The highest BCUT2D eigenvalue weighted by Crippen LogP contribution is 2.08. The Balaban J connectivity index is 3.08. The Hall–Kier alpha value is -0.850. The number of carbonyl (C=O) groups is 1. The molecule has 0 fully saturated rings. The van der Waals surface area contributed by atoms with Crippen molar-refractivity contribution in [2.24, 2.45) is 0 Å². The van der Waals surface area contributed by atoms with Crippen LogP contribution in [-0.4, -0.2) is 5.78 Å². The van der Waals surface area contributed by atoms with Gasteiger partial charge >= 0.3 is 0 Å². The molecule has 0 spiro atoms. The van der Waals surface area contributed by atoms with E-state index >= 15 is 0 Å². The van der Waals surface area contributed by atoms with Gasteiger partial charge in [0.15, 0.2) is 0 Å². The molecule has 0 aliphatic carbocycles. The van der Waals surface area contributed by atoms with E-state index in [1.165, 1.54) is 51.4 Å². The van der Waals surface area contributed by atoms with Crippen molar-refractivity contribution < 1.29 is 4.79 Å². The molecule has 0 atom stereocenters. The third-order valence-electron chi connectivity index (χ3n) is 3.10. The molecule has 0 bridgehead atoms. The first-order valence-electron chi connectivity index (χ1n) is 7.52. The van der Waals surface area contributed by atoms with Crippen LogP contribution in [0.2, 0.25) is 0 Å². The molecule has 0 aromatic carbocycles. The zero-order chi connectivity index (χ0) is 13.5. The van der Waals surface area contributed by atoms with Gasteiger partial charge in [-0.05, 0) is 51.9 Å². The van der Waals surface area contributed by atoms with Crippen LogP contribution in [0.4, 0.5) is 0 Å². The second-order valence-corrected chi connectivity index (χ2v) is 5.05. The molecule has 0 N–H and O–H groups in total. The molecule has 0 aliphatic heterocycles. The van der Waals surface area contributed by atoms with Crippen LogP contribution < -0.4 is 0 Å². The van der Waals surface area contributed by atoms with Gasteiger partial charge in [-0.1, -0.05) is 37.5 Å². The number of unbranched alkanes of at least 4 members (excludes halogenated alkanes) is 8. The maximum absolute atomic E-state index is 10.7. The van der Waals surface area contributed by atoms with Crippen LogP contribution in [-0.2, 0) is 4.79 Å². The van der Waals surface area contributed by atoms with Gasteiger partial charge < -0.3 is 4.79 Å². The van der Waals surface area contributed by atoms with E-state index in [2.05, 4.69) is 18.7 Å². The van der Waals surface area contributed by atoms with Crippen LogP contribution >= 0.6 is 0 Å². The molecule has 0 heterocycles. The Kier molecular flexibility index (Phi) is 13.5. The van der Waals surface area contributed by atoms with Crippen molar-refractivity contribution in [2.45, 2.75) is 77.6 Å². The number of rotatable bonds is 13. The van der Waals surface area contributed by atoms with E-state index in [1.54, 1.807) is 6.92 Å². The molecule has 1 heteroatoms. The summed E-state index contributed by atoms with van der Waals surface area (Å²) in [6, 6.07) is 0. The van der Waals surface area contributed by atoms with Crippen molar-refractivity contribution in [2.75, 3.05) is 0 Å². The molecular formula is C17H30O. The van der Waals surface area contributed by atoms with E-state index in [1.807, 2.05) is 6.08 Å². The van der Waals surface area contributed by atoms with Gasteiger partial charge in [-0.2, -0.15) is 0 Å². The first-order chi connectivity index (χ1) is 8.77. The fraction of sp³-hybridized carbons (Fsp3) is 0.706. The number of carbonyl (C=O) groups excluding carboxylic acids is 1. The lowest BCUT2D eigenvalue weighted by molar-refractivity contribution is -0.117. The highest BCUT2D eigenvalue weighted by Gasteiger charge is 1.93. The Morgan fingerprint density at radius 3 is 1.94 bits per heavy atom. The summed E-state index contributed by atoms with van der Waals surface area (Å²) in [6.07, 6.45) is 19.7. The highest BCUT2D eigenvalue weighted by molar-refractivity contribution is 5.75. The van der Waals surface area contributed by atoms with Crippen molar-refractivity contribution in [3.8, 4) is 0 Å². The Bertz CT molecular complexity index is 228. The number of hydrogen-bond donors (Lipinski definition) is 0. The summed E-state index contributed by atoms with van der Waals surface area (Å²) in [4.78, 5) is 10.7. The largest absolute Gasteiger partial charge is 0.300 e. The van der Waals surface area contributed by atoms with Gasteiger partial charge in [-0.15, -0.1) is 6.58 Å². The molecular weight excluding hydrogens is 220 g/mol. The third-order valence-corrected chi connectivity index (χ3v) is 3.10. The molecule has 0 saturated carbocycles. The predicted molar refractivity (Wildman–Crippen MR) is 80.8 cm³/mol. The molecule has 0 saturated heterocycles. The quantitative estimate of drug-likeness (QED) is 0.307. The zero-order valence-corrected chi connectivity index (χ0v) is 12.1. The van der Waals surface area contributed by atoms with Crippen molar-refractivity contribution in [3.63, 3.8) is 0 Å². The molecule has 0 aromatic heterocycles. The Morgan fingerprint density at radius 2 is 1.33 bits per heavy atom. The molecule has 0 amide bonds. The summed E-state index contributed by atoms with van der Waals surface area (Å²) in [5, 5.41) is 0. The fourth-order valence-corrected chi connectivity index (χ4v) is 1.95. The van der Waals surface area contributed by atoms with E-state index in [4.69, 9.17) is 0 Å². The van der Waals surface area contributed by atoms with Gasteiger partial charge in [0.05, 0.1) is 0 Å². The Labute approximate surface area is 113 Å². The molecule has 0 radical (unpaired) electrons. The highest BCUT2D eigenvalue weighted by atomic mass is 16.1.